The van der Waals surface area contributed by atoms with Crippen molar-refractivity contribution in [3.63, 3.8) is 0 Å². The van der Waals surface area contributed by atoms with Gasteiger partial charge in [-0.25, -0.2) is 12.7 Å². The molecule has 0 unspecified atom stereocenters. The number of ether oxygens (including phenoxy) is 1. The Morgan fingerprint density at radius 3 is 2.68 bits per heavy atom. The van der Waals surface area contributed by atoms with Gasteiger partial charge in [0.1, 0.15) is 5.75 Å². The molecule has 2 aromatic rings. The molecule has 0 saturated carbocycles. The van der Waals surface area contributed by atoms with Crippen LogP contribution in [0.25, 0.3) is 0 Å². The molecule has 0 bridgehead atoms. The number of sulfonamides is 1. The zero-order valence-electron chi connectivity index (χ0n) is 15.1. The minimum absolute atomic E-state index is 0.00143. The number of hydrogen-bond donors (Lipinski definition) is 1. The third-order valence-electron chi connectivity index (χ3n) is 4.38. The van der Waals surface area contributed by atoms with Gasteiger partial charge in [-0.15, -0.1) is 0 Å². The fraction of sp³-hybridized carbons (Fsp3) is 0.263. The van der Waals surface area contributed by atoms with Crippen LogP contribution in [0.5, 0.6) is 5.75 Å². The van der Waals surface area contributed by atoms with Crippen molar-refractivity contribution in [2.45, 2.75) is 12.8 Å². The number of rotatable bonds is 6. The van der Waals surface area contributed by atoms with Gasteiger partial charge in [0.25, 0.3) is 5.91 Å². The molecule has 1 fully saturated rings. The van der Waals surface area contributed by atoms with Crippen molar-refractivity contribution in [3.8, 4) is 5.75 Å². The van der Waals surface area contributed by atoms with Crippen molar-refractivity contribution in [1.29, 1.82) is 0 Å². The summed E-state index contributed by atoms with van der Waals surface area (Å²) < 4.78 is 30.2. The van der Waals surface area contributed by atoms with Gasteiger partial charge in [0.2, 0.25) is 15.9 Å². The summed E-state index contributed by atoms with van der Waals surface area (Å²) in [6, 6.07) is 11.7. The Bertz CT molecular complexity index is 1020. The number of para-hydroxylation sites is 1. The van der Waals surface area contributed by atoms with E-state index in [1.807, 2.05) is 24.3 Å². The summed E-state index contributed by atoms with van der Waals surface area (Å²) in [7, 11) is -2.18. The summed E-state index contributed by atoms with van der Waals surface area (Å²) in [5.41, 5.74) is 1.17. The average molecular weight is 423 g/mol. The molecule has 1 saturated heterocycles. The summed E-state index contributed by atoms with van der Waals surface area (Å²) in [5, 5.41) is 2.86. The van der Waals surface area contributed by atoms with Crippen molar-refractivity contribution in [2.75, 3.05) is 23.7 Å². The van der Waals surface area contributed by atoms with Gasteiger partial charge in [-0.3, -0.25) is 9.59 Å². The number of amides is 2. The standard InChI is InChI=1S/C19H19ClN2O5S/c1-27-17-5-3-2-4-13(17)8-10-21-19(24)14-6-7-15(20)16(12-14)22-18(23)9-11-28(22,25)26/h2-7,12H,8-11H2,1H3,(H,21,24). The summed E-state index contributed by atoms with van der Waals surface area (Å²) in [4.78, 5) is 24.5. The second-order valence-electron chi connectivity index (χ2n) is 6.21. The first-order chi connectivity index (χ1) is 13.3. The van der Waals surface area contributed by atoms with Crippen molar-refractivity contribution in [2.24, 2.45) is 0 Å². The predicted octanol–water partition coefficient (Wildman–Crippen LogP) is 2.39. The molecule has 1 aliphatic heterocycles. The smallest absolute Gasteiger partial charge is 0.251 e. The van der Waals surface area contributed by atoms with E-state index in [2.05, 4.69) is 5.32 Å². The summed E-state index contributed by atoms with van der Waals surface area (Å²) in [6.07, 6.45) is 0.461. The SMILES string of the molecule is COc1ccccc1CCNC(=O)c1ccc(Cl)c(N2C(=O)CCS2(=O)=O)c1. The highest BCUT2D eigenvalue weighted by molar-refractivity contribution is 7.94. The monoisotopic (exact) mass is 422 g/mol. The number of halogens is 1. The summed E-state index contributed by atoms with van der Waals surface area (Å²) >= 11 is 6.09. The highest BCUT2D eigenvalue weighted by Gasteiger charge is 2.37. The van der Waals surface area contributed by atoms with Gasteiger partial charge in [0, 0.05) is 18.5 Å². The molecule has 9 heteroatoms. The van der Waals surface area contributed by atoms with Crippen LogP contribution in [0, 0.1) is 0 Å². The third kappa shape index (κ3) is 4.13. The largest absolute Gasteiger partial charge is 0.496 e. The topological polar surface area (TPSA) is 92.8 Å². The van der Waals surface area contributed by atoms with E-state index < -0.39 is 21.8 Å². The number of carbonyl (C=O) groups is 2. The van der Waals surface area contributed by atoms with E-state index in [4.69, 9.17) is 16.3 Å². The zero-order chi connectivity index (χ0) is 20.3. The highest BCUT2D eigenvalue weighted by Crippen LogP contribution is 2.32. The van der Waals surface area contributed by atoms with E-state index in [1.165, 1.54) is 18.2 Å². The molecule has 1 aliphatic rings. The Labute approximate surface area is 168 Å². The van der Waals surface area contributed by atoms with Crippen molar-refractivity contribution >= 4 is 39.1 Å². The second kappa shape index (κ2) is 8.20. The quantitative estimate of drug-likeness (QED) is 0.771. The minimum atomic E-state index is -3.76. The molecule has 0 aliphatic carbocycles. The summed E-state index contributed by atoms with van der Waals surface area (Å²) in [5.74, 6) is -0.479. The molecule has 0 atom stereocenters. The Balaban J connectivity index is 1.73. The van der Waals surface area contributed by atoms with Gasteiger partial charge in [-0.05, 0) is 36.2 Å². The molecular weight excluding hydrogens is 404 g/mol. The van der Waals surface area contributed by atoms with E-state index in [-0.39, 0.29) is 28.4 Å². The van der Waals surface area contributed by atoms with E-state index in [0.29, 0.717) is 17.3 Å². The summed E-state index contributed by atoms with van der Waals surface area (Å²) in [6.45, 7) is 0.359. The highest BCUT2D eigenvalue weighted by atomic mass is 35.5. The Kier molecular flexibility index (Phi) is 5.90. The van der Waals surface area contributed by atoms with Gasteiger partial charge in [-0.2, -0.15) is 0 Å². The maximum Gasteiger partial charge on any atom is 0.251 e. The fourth-order valence-corrected chi connectivity index (χ4v) is 4.70. The number of carbonyl (C=O) groups excluding carboxylic acids is 2. The van der Waals surface area contributed by atoms with Crippen molar-refractivity contribution in [3.05, 3.63) is 58.6 Å². The van der Waals surface area contributed by atoms with Crippen LogP contribution in [0.2, 0.25) is 5.02 Å². The van der Waals surface area contributed by atoms with Crippen LogP contribution < -0.4 is 14.4 Å². The van der Waals surface area contributed by atoms with Gasteiger partial charge in [0.15, 0.2) is 0 Å². The molecule has 7 nitrogen and oxygen atoms in total. The maximum absolute atomic E-state index is 12.5. The molecule has 28 heavy (non-hydrogen) atoms. The molecule has 0 spiro atoms. The molecule has 0 aromatic heterocycles. The van der Waals surface area contributed by atoms with Crippen LogP contribution in [0.1, 0.15) is 22.3 Å². The Morgan fingerprint density at radius 2 is 2.00 bits per heavy atom. The molecule has 2 aromatic carbocycles. The molecule has 1 N–H and O–H groups in total. The Morgan fingerprint density at radius 1 is 1.25 bits per heavy atom. The average Bonchev–Trinajstić information content (AvgIpc) is 2.95. The molecule has 1 heterocycles. The zero-order valence-corrected chi connectivity index (χ0v) is 16.7. The number of nitrogens with zero attached hydrogens (tertiary/aromatic N) is 1. The number of methoxy groups -OCH3 is 1. The maximum atomic E-state index is 12.5. The lowest BCUT2D eigenvalue weighted by atomic mass is 10.1. The first kappa shape index (κ1) is 20.2. The molecule has 2 amide bonds. The van der Waals surface area contributed by atoms with Crippen LogP contribution in [0.3, 0.4) is 0 Å². The van der Waals surface area contributed by atoms with Gasteiger partial charge in [0.05, 0.1) is 23.6 Å². The number of hydrogen-bond acceptors (Lipinski definition) is 5. The lowest BCUT2D eigenvalue weighted by Crippen LogP contribution is -2.30. The lowest BCUT2D eigenvalue weighted by molar-refractivity contribution is -0.116. The van der Waals surface area contributed by atoms with E-state index in [0.717, 1.165) is 11.3 Å². The first-order valence-electron chi connectivity index (χ1n) is 8.59. The van der Waals surface area contributed by atoms with Gasteiger partial charge < -0.3 is 10.1 Å². The van der Waals surface area contributed by atoms with Crippen molar-refractivity contribution in [1.82, 2.24) is 5.32 Å². The van der Waals surface area contributed by atoms with E-state index in [9.17, 15) is 18.0 Å². The van der Waals surface area contributed by atoms with Crippen molar-refractivity contribution < 1.29 is 22.7 Å². The number of anilines is 1. The van der Waals surface area contributed by atoms with Crippen LogP contribution in [-0.4, -0.2) is 39.6 Å². The normalized spacial score (nSPS) is 15.5. The van der Waals surface area contributed by atoms with Crippen LogP contribution >= 0.6 is 11.6 Å². The molecule has 148 valence electrons. The minimum Gasteiger partial charge on any atom is -0.496 e. The number of nitrogens with one attached hydrogen (secondary N) is 1. The molecule has 0 radical (unpaired) electrons. The van der Waals surface area contributed by atoms with Gasteiger partial charge >= 0.3 is 0 Å². The third-order valence-corrected chi connectivity index (χ3v) is 6.37. The number of benzene rings is 2. The van der Waals surface area contributed by atoms with Crippen LogP contribution in [0.15, 0.2) is 42.5 Å². The first-order valence-corrected chi connectivity index (χ1v) is 10.6. The predicted molar refractivity (Wildman–Crippen MR) is 106 cm³/mol. The van der Waals surface area contributed by atoms with E-state index in [1.54, 1.807) is 7.11 Å². The lowest BCUT2D eigenvalue weighted by Gasteiger charge is -2.17. The Hall–Kier alpha value is -2.58. The van der Waals surface area contributed by atoms with Gasteiger partial charge in [-0.1, -0.05) is 29.8 Å². The van der Waals surface area contributed by atoms with Crippen LogP contribution in [0.4, 0.5) is 5.69 Å². The van der Waals surface area contributed by atoms with E-state index >= 15 is 0 Å². The molecular formula is C19H19ClN2O5S. The fourth-order valence-electron chi connectivity index (χ4n) is 2.98. The molecule has 3 rings (SSSR count). The second-order valence-corrected chi connectivity index (χ2v) is 8.55. The van der Waals surface area contributed by atoms with Crippen LogP contribution in [-0.2, 0) is 21.2 Å².